The molecule has 2 fully saturated rings. The molecule has 3 aromatic carbocycles. The van der Waals surface area contributed by atoms with Crippen molar-refractivity contribution in [2.75, 3.05) is 52.6 Å². The second-order valence-corrected chi connectivity index (χ2v) is 17.8. The number of fused-ring (bicyclic) bond motifs is 3. The lowest BCUT2D eigenvalue weighted by atomic mass is 9.55. The van der Waals surface area contributed by atoms with Crippen LogP contribution in [0.15, 0.2) is 101 Å². The van der Waals surface area contributed by atoms with Crippen LogP contribution in [-0.2, 0) is 14.3 Å². The van der Waals surface area contributed by atoms with Gasteiger partial charge in [0.2, 0.25) is 18.9 Å². The van der Waals surface area contributed by atoms with Gasteiger partial charge in [0.25, 0.3) is 5.91 Å². The highest BCUT2D eigenvalue weighted by Crippen LogP contribution is 2.62. The number of oxime groups is 1. The summed E-state index contributed by atoms with van der Waals surface area (Å²) < 4.78 is 38.1. The van der Waals surface area contributed by atoms with E-state index in [0.29, 0.717) is 48.9 Å². The van der Waals surface area contributed by atoms with E-state index in [4.69, 9.17) is 38.4 Å². The molecule has 5 aliphatic rings. The maximum atomic E-state index is 14.8. The number of ether oxygens (including phenoxy) is 6. The Hall–Kier alpha value is -4.53. The maximum absolute atomic E-state index is 14.8. The van der Waals surface area contributed by atoms with E-state index in [1.54, 1.807) is 48.0 Å². The van der Waals surface area contributed by atoms with Crippen molar-refractivity contribution < 1.29 is 48.3 Å². The molecule has 8 rings (SSSR count). The highest BCUT2D eigenvalue weighted by Gasteiger charge is 2.65. The molecule has 7 unspecified atom stereocenters. The van der Waals surface area contributed by atoms with Crippen molar-refractivity contribution in [1.82, 2.24) is 4.90 Å². The monoisotopic (exact) mass is 868 g/mol. The lowest BCUT2D eigenvalue weighted by molar-refractivity contribution is -0.252. The highest BCUT2D eigenvalue weighted by atomic mass is 32.2. The van der Waals surface area contributed by atoms with Gasteiger partial charge in [0.05, 0.1) is 31.5 Å². The summed E-state index contributed by atoms with van der Waals surface area (Å²) in [5.74, 6) is 1.28. The SMILES string of the molecule is C=CCOC12Oc3ccc(OCCSc4ccccc4)cc3C3C(CCCCO)C(CCCCO)C=C(C(=NOC4CCCCO4)CC1N(C)C(=O)c1ccc4c(c1)OCO4)C32. The number of aliphatic hydroxyl groups is 2. The minimum absolute atomic E-state index is 0.0877. The molecule has 3 aliphatic heterocycles. The quantitative estimate of drug-likeness (QED) is 0.0490. The molecule has 12 nitrogen and oxygen atoms in total. The standard InChI is InChI=1S/C49H60N2O10S/c1-3-24-59-49-44(51(2)48(54)34-18-20-42-43(29-34)58-32-57-42)31-40(50-61-45-17-9-12-25-56-45)38-28-33(13-7-10-22-52)37(16-8-11-23-53)46(47(38)49)39-30-35(19-21-41(39)60-49)55-26-27-62-36-14-5-4-6-15-36/h3-6,14-15,18-21,28-30,33,37,44-47,52-53H,1,7-13,16-17,22-27,31-32H2,2H3. The van der Waals surface area contributed by atoms with Gasteiger partial charge in [0, 0.05) is 60.8 Å². The maximum Gasteiger partial charge on any atom is 0.254 e. The molecule has 1 amide bonds. The van der Waals surface area contributed by atoms with Crippen molar-refractivity contribution in [3.8, 4) is 23.0 Å². The first-order valence-electron chi connectivity index (χ1n) is 22.3. The fourth-order valence-corrected chi connectivity index (χ4v) is 10.7. The van der Waals surface area contributed by atoms with E-state index in [1.165, 1.54) is 4.90 Å². The van der Waals surface area contributed by atoms with Gasteiger partial charge in [-0.1, -0.05) is 48.3 Å². The number of allylic oxidation sites excluding steroid dienone is 1. The number of benzene rings is 3. The summed E-state index contributed by atoms with van der Waals surface area (Å²) in [6.45, 7) is 5.66. The molecule has 3 aromatic rings. The molecule has 62 heavy (non-hydrogen) atoms. The number of hydrogen-bond acceptors (Lipinski definition) is 12. The van der Waals surface area contributed by atoms with Crippen LogP contribution < -0.4 is 18.9 Å². The summed E-state index contributed by atoms with van der Waals surface area (Å²) in [4.78, 5) is 23.9. The van der Waals surface area contributed by atoms with Crippen molar-refractivity contribution in [3.63, 3.8) is 0 Å². The van der Waals surface area contributed by atoms with Gasteiger partial charge in [-0.2, -0.15) is 0 Å². The second kappa shape index (κ2) is 20.8. The number of unbranched alkanes of at least 4 members (excludes halogenated alkanes) is 2. The van der Waals surface area contributed by atoms with E-state index in [9.17, 15) is 15.0 Å². The van der Waals surface area contributed by atoms with E-state index in [2.05, 4.69) is 30.9 Å². The fraction of sp³-hybridized carbons (Fsp3) is 0.510. The number of aliphatic hydroxyl groups excluding tert-OH is 2. The van der Waals surface area contributed by atoms with Gasteiger partial charge in [-0.05, 0) is 104 Å². The fourth-order valence-electron chi connectivity index (χ4n) is 9.94. The van der Waals surface area contributed by atoms with Crippen LogP contribution in [0.25, 0.3) is 0 Å². The number of likely N-dealkylation sites (N-methyl/N-ethyl adjacent to an activating group) is 1. The van der Waals surface area contributed by atoms with Crippen molar-refractivity contribution in [3.05, 3.63) is 102 Å². The summed E-state index contributed by atoms with van der Waals surface area (Å²) in [5, 5.41) is 24.8. The van der Waals surface area contributed by atoms with Crippen LogP contribution >= 0.6 is 11.8 Å². The predicted octanol–water partition coefficient (Wildman–Crippen LogP) is 8.52. The lowest BCUT2D eigenvalue weighted by Crippen LogP contribution is -2.69. The Morgan fingerprint density at radius 3 is 2.58 bits per heavy atom. The molecule has 0 radical (unpaired) electrons. The van der Waals surface area contributed by atoms with Crippen LogP contribution in [0, 0.1) is 17.8 Å². The smallest absolute Gasteiger partial charge is 0.254 e. The highest BCUT2D eigenvalue weighted by molar-refractivity contribution is 7.99. The third kappa shape index (κ3) is 9.52. The lowest BCUT2D eigenvalue weighted by Gasteiger charge is -2.59. The average Bonchev–Trinajstić information content (AvgIpc) is 3.79. The largest absolute Gasteiger partial charge is 0.493 e. The minimum Gasteiger partial charge on any atom is -0.493 e. The summed E-state index contributed by atoms with van der Waals surface area (Å²) in [6.07, 6.45) is 11.3. The van der Waals surface area contributed by atoms with E-state index in [0.717, 1.165) is 73.3 Å². The first kappa shape index (κ1) is 44.1. The van der Waals surface area contributed by atoms with E-state index in [1.807, 2.05) is 30.3 Å². The van der Waals surface area contributed by atoms with Crippen molar-refractivity contribution in [2.45, 2.75) is 93.1 Å². The van der Waals surface area contributed by atoms with Crippen molar-refractivity contribution >= 4 is 23.4 Å². The Bertz CT molecular complexity index is 2060. The summed E-state index contributed by atoms with van der Waals surface area (Å²) in [6, 6.07) is 20.9. The first-order valence-corrected chi connectivity index (χ1v) is 23.3. The van der Waals surface area contributed by atoms with E-state index in [-0.39, 0.29) is 56.7 Å². The van der Waals surface area contributed by atoms with Crippen LogP contribution in [0.4, 0.5) is 0 Å². The average molecular weight is 869 g/mol. The van der Waals surface area contributed by atoms with Gasteiger partial charge < -0.3 is 48.4 Å². The molecule has 3 heterocycles. The van der Waals surface area contributed by atoms with Gasteiger partial charge in [0.15, 0.2) is 11.5 Å². The zero-order chi connectivity index (χ0) is 42.9. The minimum atomic E-state index is -1.38. The van der Waals surface area contributed by atoms with Gasteiger partial charge in [0.1, 0.15) is 17.5 Å². The van der Waals surface area contributed by atoms with Gasteiger partial charge in [-0.15, -0.1) is 18.3 Å². The molecule has 0 bridgehead atoms. The molecule has 2 N–H and O–H groups in total. The number of carbonyl (C=O) groups excluding carboxylic acids is 1. The number of hydrogen-bond donors (Lipinski definition) is 2. The molecular weight excluding hydrogens is 809 g/mol. The van der Waals surface area contributed by atoms with Crippen LogP contribution in [0.5, 0.6) is 23.0 Å². The van der Waals surface area contributed by atoms with Gasteiger partial charge in [-0.3, -0.25) is 4.79 Å². The van der Waals surface area contributed by atoms with Crippen LogP contribution in [0.3, 0.4) is 0 Å². The Kier molecular flexibility index (Phi) is 14.8. The predicted molar refractivity (Wildman–Crippen MR) is 237 cm³/mol. The normalized spacial score (nSPS) is 26.4. The number of carbonyl (C=O) groups is 1. The molecule has 1 saturated carbocycles. The number of rotatable bonds is 20. The third-order valence-electron chi connectivity index (χ3n) is 12.8. The Morgan fingerprint density at radius 1 is 0.984 bits per heavy atom. The molecule has 13 heteroatoms. The van der Waals surface area contributed by atoms with Crippen LogP contribution in [-0.4, -0.2) is 97.5 Å². The molecule has 0 aromatic heterocycles. The van der Waals surface area contributed by atoms with Crippen LogP contribution in [0.2, 0.25) is 0 Å². The number of amides is 1. The Labute approximate surface area is 369 Å². The molecule has 332 valence electrons. The van der Waals surface area contributed by atoms with Crippen molar-refractivity contribution in [2.24, 2.45) is 22.9 Å². The molecular formula is C49H60N2O10S. The van der Waals surface area contributed by atoms with E-state index < -0.39 is 24.0 Å². The van der Waals surface area contributed by atoms with Crippen molar-refractivity contribution in [1.29, 1.82) is 0 Å². The zero-order valence-electron chi connectivity index (χ0n) is 35.7. The first-order chi connectivity index (χ1) is 30.4. The molecule has 7 atom stereocenters. The molecule has 0 spiro atoms. The zero-order valence-corrected chi connectivity index (χ0v) is 36.5. The Balaban J connectivity index is 1.24. The summed E-state index contributed by atoms with van der Waals surface area (Å²) in [7, 11) is 1.80. The molecule has 1 saturated heterocycles. The Morgan fingerprint density at radius 2 is 1.79 bits per heavy atom. The van der Waals surface area contributed by atoms with E-state index >= 15 is 0 Å². The second-order valence-electron chi connectivity index (χ2n) is 16.7. The van der Waals surface area contributed by atoms with Gasteiger partial charge >= 0.3 is 0 Å². The molecule has 2 aliphatic carbocycles. The van der Waals surface area contributed by atoms with Crippen LogP contribution in [0.1, 0.15) is 86.0 Å². The summed E-state index contributed by atoms with van der Waals surface area (Å²) >= 11 is 1.75. The number of nitrogens with zero attached hydrogens (tertiary/aromatic N) is 2. The topological polar surface area (TPSA) is 138 Å². The third-order valence-corrected chi connectivity index (χ3v) is 13.8. The van der Waals surface area contributed by atoms with Gasteiger partial charge in [-0.25, -0.2) is 0 Å². The number of thioether (sulfide) groups is 1. The summed E-state index contributed by atoms with van der Waals surface area (Å²) in [5.41, 5.74) is 3.14.